The number of benzene rings is 1. The molecular weight excluding hydrogens is 281 g/mol. The SMILES string of the molecule is CS(=O)(=O)CCC(=O)NCCCCc1ccccc1F. The first-order chi connectivity index (χ1) is 9.38. The minimum Gasteiger partial charge on any atom is -0.356 e. The Balaban J connectivity index is 2.13. The van der Waals surface area contributed by atoms with E-state index in [0.29, 0.717) is 18.5 Å². The van der Waals surface area contributed by atoms with Gasteiger partial charge in [0.25, 0.3) is 0 Å². The number of carbonyl (C=O) groups excluding carboxylic acids is 1. The molecule has 0 saturated carbocycles. The molecule has 0 aliphatic carbocycles. The number of hydrogen-bond donors (Lipinski definition) is 1. The molecule has 1 rings (SSSR count). The normalized spacial score (nSPS) is 11.3. The van der Waals surface area contributed by atoms with Crippen LogP contribution in [-0.2, 0) is 21.1 Å². The highest BCUT2D eigenvalue weighted by Crippen LogP contribution is 2.09. The zero-order valence-corrected chi connectivity index (χ0v) is 12.4. The van der Waals surface area contributed by atoms with Crippen molar-refractivity contribution in [3.8, 4) is 0 Å². The predicted octanol–water partition coefficient (Wildman–Crippen LogP) is 1.70. The molecule has 1 amide bonds. The van der Waals surface area contributed by atoms with Gasteiger partial charge in [0.2, 0.25) is 5.91 Å². The van der Waals surface area contributed by atoms with Gasteiger partial charge in [0.15, 0.2) is 0 Å². The number of carbonyl (C=O) groups is 1. The van der Waals surface area contributed by atoms with Gasteiger partial charge in [-0.15, -0.1) is 0 Å². The molecule has 0 radical (unpaired) electrons. The molecule has 0 aliphatic heterocycles. The largest absolute Gasteiger partial charge is 0.356 e. The second kappa shape index (κ2) is 7.99. The number of nitrogens with one attached hydrogen (secondary N) is 1. The van der Waals surface area contributed by atoms with Gasteiger partial charge in [-0.25, -0.2) is 12.8 Å². The fourth-order valence-corrected chi connectivity index (χ4v) is 2.29. The lowest BCUT2D eigenvalue weighted by Crippen LogP contribution is -2.26. The molecule has 1 N–H and O–H groups in total. The van der Waals surface area contributed by atoms with E-state index in [9.17, 15) is 17.6 Å². The Kier molecular flexibility index (Phi) is 6.64. The van der Waals surface area contributed by atoms with Gasteiger partial charge in [0.1, 0.15) is 15.7 Å². The summed E-state index contributed by atoms with van der Waals surface area (Å²) in [6.07, 6.45) is 3.24. The number of aryl methyl sites for hydroxylation is 1. The molecule has 1 aromatic carbocycles. The first kappa shape index (κ1) is 16.6. The number of rotatable bonds is 8. The van der Waals surface area contributed by atoms with Gasteiger partial charge in [-0.2, -0.15) is 0 Å². The van der Waals surface area contributed by atoms with Crippen molar-refractivity contribution in [2.24, 2.45) is 0 Å². The molecule has 0 saturated heterocycles. The minimum atomic E-state index is -3.10. The molecule has 0 fully saturated rings. The second-order valence-electron chi connectivity index (χ2n) is 4.78. The lowest BCUT2D eigenvalue weighted by atomic mass is 10.1. The van der Waals surface area contributed by atoms with E-state index < -0.39 is 9.84 Å². The fraction of sp³-hybridized carbons (Fsp3) is 0.500. The third-order valence-corrected chi connectivity index (χ3v) is 3.80. The van der Waals surface area contributed by atoms with E-state index in [0.717, 1.165) is 19.1 Å². The highest BCUT2D eigenvalue weighted by Gasteiger charge is 2.07. The van der Waals surface area contributed by atoms with E-state index in [1.54, 1.807) is 18.2 Å². The van der Waals surface area contributed by atoms with Crippen LogP contribution in [0.3, 0.4) is 0 Å². The molecule has 1 aromatic rings. The molecule has 0 heterocycles. The molecule has 0 aromatic heterocycles. The van der Waals surface area contributed by atoms with Crippen LogP contribution in [0.15, 0.2) is 24.3 Å². The summed E-state index contributed by atoms with van der Waals surface area (Å²) in [6, 6.07) is 6.63. The van der Waals surface area contributed by atoms with Crippen LogP contribution in [0, 0.1) is 5.82 Å². The average molecular weight is 301 g/mol. The molecule has 6 heteroatoms. The molecule has 4 nitrogen and oxygen atoms in total. The molecule has 112 valence electrons. The van der Waals surface area contributed by atoms with Crippen LogP contribution in [0.1, 0.15) is 24.8 Å². The second-order valence-corrected chi connectivity index (χ2v) is 7.04. The van der Waals surface area contributed by atoms with Crippen LogP contribution in [0.25, 0.3) is 0 Å². The molecule has 0 aliphatic rings. The Hall–Kier alpha value is -1.43. The number of hydrogen-bond acceptors (Lipinski definition) is 3. The summed E-state index contributed by atoms with van der Waals surface area (Å²) in [7, 11) is -3.10. The Labute approximate surface area is 119 Å². The Morgan fingerprint density at radius 1 is 1.25 bits per heavy atom. The van der Waals surface area contributed by atoms with E-state index in [-0.39, 0.29) is 23.9 Å². The monoisotopic (exact) mass is 301 g/mol. The van der Waals surface area contributed by atoms with Crippen LogP contribution < -0.4 is 5.32 Å². The lowest BCUT2D eigenvalue weighted by Gasteiger charge is -2.05. The van der Waals surface area contributed by atoms with Crippen LogP contribution in [0.5, 0.6) is 0 Å². The van der Waals surface area contributed by atoms with Gasteiger partial charge in [-0.05, 0) is 30.9 Å². The van der Waals surface area contributed by atoms with Gasteiger partial charge in [-0.1, -0.05) is 18.2 Å². The van der Waals surface area contributed by atoms with E-state index in [1.165, 1.54) is 6.07 Å². The van der Waals surface area contributed by atoms with Crippen LogP contribution >= 0.6 is 0 Å². The quantitative estimate of drug-likeness (QED) is 0.743. The molecule has 0 spiro atoms. The Bertz CT molecular complexity index is 543. The maximum absolute atomic E-state index is 13.3. The highest BCUT2D eigenvalue weighted by molar-refractivity contribution is 7.90. The zero-order valence-electron chi connectivity index (χ0n) is 11.6. The van der Waals surface area contributed by atoms with Crippen LogP contribution in [0.4, 0.5) is 4.39 Å². The first-order valence-electron chi connectivity index (χ1n) is 6.56. The van der Waals surface area contributed by atoms with Gasteiger partial charge in [0.05, 0.1) is 5.75 Å². The van der Waals surface area contributed by atoms with Crippen LogP contribution in [-0.4, -0.2) is 32.9 Å². The smallest absolute Gasteiger partial charge is 0.221 e. The molecule has 0 bridgehead atoms. The first-order valence-corrected chi connectivity index (χ1v) is 8.62. The van der Waals surface area contributed by atoms with Crippen molar-refractivity contribution < 1.29 is 17.6 Å². The van der Waals surface area contributed by atoms with Gasteiger partial charge in [-0.3, -0.25) is 4.79 Å². The van der Waals surface area contributed by atoms with Crippen molar-refractivity contribution in [1.29, 1.82) is 0 Å². The standard InChI is InChI=1S/C14H20FNO3S/c1-20(18,19)11-9-14(17)16-10-5-4-7-12-6-2-3-8-13(12)15/h2-3,6,8H,4-5,7,9-11H2,1H3,(H,16,17). The summed E-state index contributed by atoms with van der Waals surface area (Å²) < 4.78 is 35.1. The van der Waals surface area contributed by atoms with Crippen LogP contribution in [0.2, 0.25) is 0 Å². The van der Waals surface area contributed by atoms with Crippen molar-refractivity contribution in [1.82, 2.24) is 5.32 Å². The number of sulfone groups is 1. The zero-order chi connectivity index (χ0) is 15.0. The highest BCUT2D eigenvalue weighted by atomic mass is 32.2. The van der Waals surface area contributed by atoms with Crippen molar-refractivity contribution in [3.63, 3.8) is 0 Å². The predicted molar refractivity (Wildman–Crippen MR) is 76.7 cm³/mol. The van der Waals surface area contributed by atoms with E-state index >= 15 is 0 Å². The van der Waals surface area contributed by atoms with E-state index in [4.69, 9.17) is 0 Å². The molecule has 20 heavy (non-hydrogen) atoms. The maximum atomic E-state index is 13.3. The fourth-order valence-electron chi connectivity index (χ4n) is 1.74. The Morgan fingerprint density at radius 2 is 1.95 bits per heavy atom. The van der Waals surface area contributed by atoms with Crippen molar-refractivity contribution in [2.75, 3.05) is 18.6 Å². The average Bonchev–Trinajstić information content (AvgIpc) is 2.37. The molecular formula is C14H20FNO3S. The summed E-state index contributed by atoms with van der Waals surface area (Å²) in [4.78, 5) is 11.3. The summed E-state index contributed by atoms with van der Waals surface area (Å²) in [5.41, 5.74) is 0.677. The molecule has 0 unspecified atom stereocenters. The molecule has 0 atom stereocenters. The van der Waals surface area contributed by atoms with Gasteiger partial charge in [0, 0.05) is 19.2 Å². The third-order valence-electron chi connectivity index (χ3n) is 2.85. The van der Waals surface area contributed by atoms with Gasteiger partial charge < -0.3 is 5.32 Å². The number of unbranched alkanes of at least 4 members (excludes halogenated alkanes) is 1. The number of amides is 1. The van der Waals surface area contributed by atoms with E-state index in [1.807, 2.05) is 0 Å². The summed E-state index contributed by atoms with van der Waals surface area (Å²) in [6.45, 7) is 0.483. The minimum absolute atomic E-state index is 0.00779. The topological polar surface area (TPSA) is 63.2 Å². The third kappa shape index (κ3) is 7.23. The summed E-state index contributed by atoms with van der Waals surface area (Å²) in [5, 5.41) is 2.66. The van der Waals surface area contributed by atoms with Crippen molar-refractivity contribution in [2.45, 2.75) is 25.7 Å². The maximum Gasteiger partial charge on any atom is 0.221 e. The summed E-state index contributed by atoms with van der Waals surface area (Å²) in [5.74, 6) is -0.598. The van der Waals surface area contributed by atoms with Crippen molar-refractivity contribution in [3.05, 3.63) is 35.6 Å². The van der Waals surface area contributed by atoms with Crippen molar-refractivity contribution >= 4 is 15.7 Å². The Morgan fingerprint density at radius 3 is 2.60 bits per heavy atom. The van der Waals surface area contributed by atoms with E-state index in [2.05, 4.69) is 5.32 Å². The van der Waals surface area contributed by atoms with Gasteiger partial charge >= 0.3 is 0 Å². The lowest BCUT2D eigenvalue weighted by molar-refractivity contribution is -0.120. The number of halogens is 1. The summed E-state index contributed by atoms with van der Waals surface area (Å²) >= 11 is 0.